The Morgan fingerprint density at radius 2 is 1.85 bits per heavy atom. The Labute approximate surface area is 199 Å². The van der Waals surface area contributed by atoms with Crippen molar-refractivity contribution in [2.45, 2.75) is 45.2 Å². The van der Waals surface area contributed by atoms with Gasteiger partial charge in [0.05, 0.1) is 23.3 Å². The third-order valence-corrected chi connectivity index (χ3v) is 7.40. The minimum absolute atomic E-state index is 0.0482. The second kappa shape index (κ2) is 9.86. The number of amides is 1. The number of anilines is 1. The molecule has 3 rings (SSSR count). The SMILES string of the molecule is Cc1ccc(S(=O)(=O)N(C)C)cc1NC(=O)[C@H](C)OC(=O)c1cc(C)n(Cc2ccco2)c1C. The Hall–Kier alpha value is -3.37. The van der Waals surface area contributed by atoms with Gasteiger partial charge in [0.15, 0.2) is 6.10 Å². The van der Waals surface area contributed by atoms with Crippen LogP contribution in [0.3, 0.4) is 0 Å². The number of carbonyl (C=O) groups excluding carboxylic acids is 2. The van der Waals surface area contributed by atoms with E-state index in [0.717, 1.165) is 15.8 Å². The molecule has 1 aromatic carbocycles. The molecule has 0 radical (unpaired) electrons. The van der Waals surface area contributed by atoms with Crippen molar-refractivity contribution < 1.29 is 27.2 Å². The van der Waals surface area contributed by atoms with E-state index in [1.54, 1.807) is 38.3 Å². The van der Waals surface area contributed by atoms with Gasteiger partial charge in [-0.1, -0.05) is 6.07 Å². The van der Waals surface area contributed by atoms with E-state index in [9.17, 15) is 18.0 Å². The highest BCUT2D eigenvalue weighted by atomic mass is 32.2. The topological polar surface area (TPSA) is 111 Å². The molecule has 0 saturated carbocycles. The van der Waals surface area contributed by atoms with Crippen molar-refractivity contribution in [2.24, 2.45) is 0 Å². The summed E-state index contributed by atoms with van der Waals surface area (Å²) in [6.07, 6.45) is 0.487. The fourth-order valence-corrected chi connectivity index (χ4v) is 4.36. The molecule has 34 heavy (non-hydrogen) atoms. The number of ether oxygens (including phenoxy) is 1. The summed E-state index contributed by atoms with van der Waals surface area (Å²) in [5.41, 5.74) is 2.91. The van der Waals surface area contributed by atoms with Crippen molar-refractivity contribution in [1.82, 2.24) is 8.87 Å². The minimum Gasteiger partial charge on any atom is -0.467 e. The van der Waals surface area contributed by atoms with Gasteiger partial charge in [0.1, 0.15) is 5.76 Å². The number of aromatic nitrogens is 1. The Kier molecular flexibility index (Phi) is 7.32. The molecular weight excluding hydrogens is 458 g/mol. The van der Waals surface area contributed by atoms with E-state index in [4.69, 9.17) is 9.15 Å². The van der Waals surface area contributed by atoms with Gasteiger partial charge in [-0.25, -0.2) is 17.5 Å². The minimum atomic E-state index is -3.67. The molecule has 2 heterocycles. The molecule has 182 valence electrons. The molecule has 0 bridgehead atoms. The Bertz CT molecular complexity index is 1310. The fraction of sp³-hybridized carbons (Fsp3) is 0.333. The Balaban J connectivity index is 1.73. The van der Waals surface area contributed by atoms with E-state index in [1.807, 2.05) is 17.6 Å². The van der Waals surface area contributed by atoms with Crippen molar-refractivity contribution in [3.05, 3.63) is 70.9 Å². The number of benzene rings is 1. The number of nitrogens with one attached hydrogen (secondary N) is 1. The van der Waals surface area contributed by atoms with Gasteiger partial charge in [-0.15, -0.1) is 0 Å². The molecule has 0 saturated heterocycles. The first kappa shape index (κ1) is 25.3. The molecule has 0 unspecified atom stereocenters. The smallest absolute Gasteiger partial charge is 0.340 e. The van der Waals surface area contributed by atoms with Gasteiger partial charge >= 0.3 is 5.97 Å². The van der Waals surface area contributed by atoms with Crippen LogP contribution in [-0.4, -0.2) is 49.4 Å². The molecule has 9 nitrogen and oxygen atoms in total. The van der Waals surface area contributed by atoms with Crippen LogP contribution in [0.5, 0.6) is 0 Å². The second-order valence-corrected chi connectivity index (χ2v) is 10.4. The van der Waals surface area contributed by atoms with E-state index in [1.165, 1.54) is 33.2 Å². The van der Waals surface area contributed by atoms with Gasteiger partial charge in [0.25, 0.3) is 5.91 Å². The summed E-state index contributed by atoms with van der Waals surface area (Å²) in [6.45, 7) is 7.36. The maximum absolute atomic E-state index is 12.8. The molecule has 3 aromatic rings. The molecule has 0 spiro atoms. The predicted molar refractivity (Wildman–Crippen MR) is 127 cm³/mol. The highest BCUT2D eigenvalue weighted by molar-refractivity contribution is 7.89. The molecule has 0 aliphatic heterocycles. The van der Waals surface area contributed by atoms with Crippen molar-refractivity contribution in [3.63, 3.8) is 0 Å². The van der Waals surface area contributed by atoms with Crippen LogP contribution in [0.15, 0.2) is 52.0 Å². The second-order valence-electron chi connectivity index (χ2n) is 8.25. The van der Waals surface area contributed by atoms with Crippen molar-refractivity contribution >= 4 is 27.6 Å². The standard InChI is InChI=1S/C24H29N3O6S/c1-15-9-10-20(34(30,31)26(5)6)13-22(15)25-23(28)18(4)33-24(29)21-12-16(2)27(17(21)3)14-19-8-7-11-32-19/h7-13,18H,14H2,1-6H3,(H,25,28)/t18-/m0/s1. The first-order chi connectivity index (χ1) is 15.9. The zero-order chi connectivity index (χ0) is 25.2. The fourth-order valence-electron chi connectivity index (χ4n) is 3.43. The van der Waals surface area contributed by atoms with Crippen LogP contribution in [0.1, 0.15) is 40.0 Å². The van der Waals surface area contributed by atoms with E-state index >= 15 is 0 Å². The van der Waals surface area contributed by atoms with Crippen LogP contribution in [0.4, 0.5) is 5.69 Å². The summed E-state index contributed by atoms with van der Waals surface area (Å²) in [6, 6.07) is 9.83. The molecular formula is C24H29N3O6S. The number of esters is 1. The van der Waals surface area contributed by atoms with Gasteiger partial charge in [-0.05, 0) is 63.6 Å². The normalized spacial score (nSPS) is 12.6. The summed E-state index contributed by atoms with van der Waals surface area (Å²) in [5, 5.41) is 2.66. The van der Waals surface area contributed by atoms with E-state index in [-0.39, 0.29) is 4.90 Å². The molecule has 0 aliphatic carbocycles. The third-order valence-electron chi connectivity index (χ3n) is 5.59. The lowest BCUT2D eigenvalue weighted by molar-refractivity contribution is -0.123. The molecule has 0 aliphatic rings. The van der Waals surface area contributed by atoms with Gasteiger partial charge in [-0.3, -0.25) is 4.79 Å². The molecule has 1 amide bonds. The third kappa shape index (κ3) is 5.23. The number of carbonyl (C=O) groups is 2. The Morgan fingerprint density at radius 3 is 2.47 bits per heavy atom. The van der Waals surface area contributed by atoms with Crippen molar-refractivity contribution in [3.8, 4) is 0 Å². The number of aryl methyl sites for hydroxylation is 2. The predicted octanol–water partition coefficient (Wildman–Crippen LogP) is 3.49. The maximum atomic E-state index is 12.8. The van der Waals surface area contributed by atoms with Crippen LogP contribution < -0.4 is 5.32 Å². The summed E-state index contributed by atoms with van der Waals surface area (Å²) >= 11 is 0. The van der Waals surface area contributed by atoms with Crippen molar-refractivity contribution in [2.75, 3.05) is 19.4 Å². The average molecular weight is 488 g/mol. The largest absolute Gasteiger partial charge is 0.467 e. The van der Waals surface area contributed by atoms with Gasteiger partial charge in [0.2, 0.25) is 10.0 Å². The maximum Gasteiger partial charge on any atom is 0.340 e. The van der Waals surface area contributed by atoms with Crippen LogP contribution in [0.2, 0.25) is 0 Å². The number of hydrogen-bond donors (Lipinski definition) is 1. The number of sulfonamides is 1. The highest BCUT2D eigenvalue weighted by Gasteiger charge is 2.24. The highest BCUT2D eigenvalue weighted by Crippen LogP contribution is 2.23. The molecule has 0 fully saturated rings. The van der Waals surface area contributed by atoms with Crippen LogP contribution >= 0.6 is 0 Å². The molecule has 1 N–H and O–H groups in total. The lowest BCUT2D eigenvalue weighted by Gasteiger charge is -2.17. The molecule has 1 atom stereocenters. The summed E-state index contributed by atoms with van der Waals surface area (Å²) in [4.78, 5) is 25.6. The Morgan fingerprint density at radius 1 is 1.15 bits per heavy atom. The average Bonchev–Trinajstić information content (AvgIpc) is 3.38. The van der Waals surface area contributed by atoms with Crippen molar-refractivity contribution in [1.29, 1.82) is 0 Å². The van der Waals surface area contributed by atoms with Crippen LogP contribution in [0, 0.1) is 20.8 Å². The molecule has 10 heteroatoms. The zero-order valence-electron chi connectivity index (χ0n) is 20.1. The number of furan rings is 1. The summed E-state index contributed by atoms with van der Waals surface area (Å²) in [5.74, 6) is -0.439. The first-order valence-corrected chi connectivity index (χ1v) is 12.1. The summed E-state index contributed by atoms with van der Waals surface area (Å²) in [7, 11) is -0.803. The van der Waals surface area contributed by atoms with Gasteiger partial charge < -0.3 is 19.0 Å². The van der Waals surface area contributed by atoms with E-state index in [2.05, 4.69) is 5.32 Å². The lowest BCUT2D eigenvalue weighted by atomic mass is 10.2. The first-order valence-electron chi connectivity index (χ1n) is 10.7. The van der Waals surface area contributed by atoms with E-state index < -0.39 is 28.0 Å². The number of nitrogens with zero attached hydrogens (tertiary/aromatic N) is 2. The lowest BCUT2D eigenvalue weighted by Crippen LogP contribution is -2.30. The van der Waals surface area contributed by atoms with E-state index in [0.29, 0.717) is 29.1 Å². The monoisotopic (exact) mass is 487 g/mol. The van der Waals surface area contributed by atoms with Gasteiger partial charge in [0, 0.05) is 31.2 Å². The van der Waals surface area contributed by atoms with Crippen LogP contribution in [-0.2, 0) is 26.1 Å². The summed E-state index contributed by atoms with van der Waals surface area (Å²) < 4.78 is 38.7. The van der Waals surface area contributed by atoms with Crippen LogP contribution in [0.25, 0.3) is 0 Å². The quantitative estimate of drug-likeness (QED) is 0.487. The zero-order valence-corrected chi connectivity index (χ0v) is 20.9. The van der Waals surface area contributed by atoms with Gasteiger partial charge in [-0.2, -0.15) is 0 Å². The number of rotatable bonds is 8. The number of hydrogen-bond acceptors (Lipinski definition) is 6. The molecule has 2 aromatic heterocycles.